The number of para-hydroxylation sites is 1. The molecule has 0 aliphatic rings. The molecule has 32 heavy (non-hydrogen) atoms. The van der Waals surface area contributed by atoms with Gasteiger partial charge in [-0.3, -0.25) is 9.59 Å². The van der Waals surface area contributed by atoms with E-state index >= 15 is 0 Å². The SMILES string of the molecule is CC(N=NC(=O)c1ccc[n+](CC(=O)Nc2ccccc2)c1)OC(=O)c1ccccc1.[Cl-]. The van der Waals surface area contributed by atoms with E-state index in [1.54, 1.807) is 65.4 Å². The molecular weight excluding hydrogens is 432 g/mol. The number of hydrogen-bond acceptors (Lipinski definition) is 5. The van der Waals surface area contributed by atoms with E-state index in [9.17, 15) is 14.4 Å². The highest BCUT2D eigenvalue weighted by Gasteiger charge is 2.15. The number of carbonyl (C=O) groups excluding carboxylic acids is 3. The molecule has 3 rings (SSSR count). The zero-order valence-corrected chi connectivity index (χ0v) is 18.0. The number of hydrogen-bond donors (Lipinski definition) is 1. The van der Waals surface area contributed by atoms with Crippen molar-refractivity contribution in [1.29, 1.82) is 0 Å². The summed E-state index contributed by atoms with van der Waals surface area (Å²) in [5.41, 5.74) is 1.32. The Morgan fingerprint density at radius 3 is 2.25 bits per heavy atom. The number of esters is 1. The molecule has 0 bridgehead atoms. The predicted octanol–water partition coefficient (Wildman–Crippen LogP) is 0.412. The quantitative estimate of drug-likeness (QED) is 0.319. The van der Waals surface area contributed by atoms with Gasteiger partial charge in [0.25, 0.3) is 5.91 Å². The van der Waals surface area contributed by atoms with Crippen LogP contribution in [-0.2, 0) is 16.1 Å². The minimum atomic E-state index is -0.927. The molecule has 3 aromatic rings. The van der Waals surface area contributed by atoms with Gasteiger partial charge in [-0.1, -0.05) is 36.4 Å². The van der Waals surface area contributed by atoms with Crippen LogP contribution in [0.15, 0.2) is 95.4 Å². The maximum Gasteiger partial charge on any atom is 0.340 e. The van der Waals surface area contributed by atoms with Crippen molar-refractivity contribution >= 4 is 23.5 Å². The fraction of sp³-hybridized carbons (Fsp3) is 0.130. The third-order valence-corrected chi connectivity index (χ3v) is 4.09. The number of azo groups is 1. The van der Waals surface area contributed by atoms with Gasteiger partial charge in [-0.05, 0) is 37.3 Å². The normalized spacial score (nSPS) is 11.3. The monoisotopic (exact) mass is 452 g/mol. The highest BCUT2D eigenvalue weighted by atomic mass is 35.5. The number of halogens is 1. The van der Waals surface area contributed by atoms with E-state index in [1.807, 2.05) is 18.2 Å². The van der Waals surface area contributed by atoms with Crippen LogP contribution in [0.5, 0.6) is 0 Å². The highest BCUT2D eigenvalue weighted by molar-refractivity contribution is 5.94. The van der Waals surface area contributed by atoms with Gasteiger partial charge in [-0.25, -0.2) is 4.79 Å². The van der Waals surface area contributed by atoms with E-state index in [4.69, 9.17) is 4.74 Å². The molecule has 0 spiro atoms. The molecule has 0 fully saturated rings. The minimum Gasteiger partial charge on any atom is -1.00 e. The molecule has 0 radical (unpaired) electrons. The number of carbonyl (C=O) groups is 3. The Kier molecular flexibility index (Phi) is 9.19. The molecule has 2 amide bonds. The van der Waals surface area contributed by atoms with Gasteiger partial charge < -0.3 is 22.5 Å². The molecule has 0 saturated heterocycles. The largest absolute Gasteiger partial charge is 1.00 e. The van der Waals surface area contributed by atoms with Crippen LogP contribution in [0.25, 0.3) is 0 Å². The third-order valence-electron chi connectivity index (χ3n) is 4.09. The average Bonchev–Trinajstić information content (AvgIpc) is 2.78. The van der Waals surface area contributed by atoms with Crippen molar-refractivity contribution in [1.82, 2.24) is 0 Å². The van der Waals surface area contributed by atoms with Crippen molar-refractivity contribution in [3.63, 3.8) is 0 Å². The summed E-state index contributed by atoms with van der Waals surface area (Å²) >= 11 is 0. The summed E-state index contributed by atoms with van der Waals surface area (Å²) in [4.78, 5) is 36.5. The van der Waals surface area contributed by atoms with Gasteiger partial charge in [-0.2, -0.15) is 4.57 Å². The molecule has 0 saturated carbocycles. The second-order valence-electron chi connectivity index (χ2n) is 6.57. The zero-order chi connectivity index (χ0) is 22.1. The van der Waals surface area contributed by atoms with Crippen LogP contribution in [0, 0.1) is 0 Å². The van der Waals surface area contributed by atoms with Crippen LogP contribution in [-0.4, -0.2) is 24.0 Å². The zero-order valence-electron chi connectivity index (χ0n) is 17.2. The van der Waals surface area contributed by atoms with Gasteiger partial charge in [0.15, 0.2) is 12.4 Å². The molecule has 1 atom stereocenters. The van der Waals surface area contributed by atoms with Crippen LogP contribution in [0.2, 0.25) is 0 Å². The van der Waals surface area contributed by atoms with Crippen LogP contribution >= 0.6 is 0 Å². The molecule has 9 heteroatoms. The summed E-state index contributed by atoms with van der Waals surface area (Å²) in [6, 6.07) is 20.7. The van der Waals surface area contributed by atoms with Gasteiger partial charge in [0.2, 0.25) is 12.8 Å². The first-order valence-corrected chi connectivity index (χ1v) is 9.56. The maximum atomic E-state index is 12.3. The number of anilines is 1. The molecular formula is C23H21ClN4O4. The summed E-state index contributed by atoms with van der Waals surface area (Å²) in [6.07, 6.45) is 2.25. The summed E-state index contributed by atoms with van der Waals surface area (Å²) < 4.78 is 6.72. The van der Waals surface area contributed by atoms with Crippen molar-refractivity contribution in [2.45, 2.75) is 19.7 Å². The fourth-order valence-corrected chi connectivity index (χ4v) is 2.65. The van der Waals surface area contributed by atoms with Gasteiger partial charge in [-0.15, -0.1) is 10.2 Å². The lowest BCUT2D eigenvalue weighted by Crippen LogP contribution is -3.00. The van der Waals surface area contributed by atoms with Crippen LogP contribution in [0.3, 0.4) is 0 Å². The van der Waals surface area contributed by atoms with Crippen molar-refractivity contribution in [3.8, 4) is 0 Å². The molecule has 8 nitrogen and oxygen atoms in total. The van der Waals surface area contributed by atoms with Crippen molar-refractivity contribution in [2.24, 2.45) is 10.2 Å². The number of pyridine rings is 1. The number of aromatic nitrogens is 1. The molecule has 0 aliphatic heterocycles. The maximum absolute atomic E-state index is 12.3. The second-order valence-corrected chi connectivity index (χ2v) is 6.57. The van der Waals surface area contributed by atoms with Crippen LogP contribution in [0.1, 0.15) is 27.6 Å². The first-order valence-electron chi connectivity index (χ1n) is 9.56. The molecule has 1 unspecified atom stereocenters. The smallest absolute Gasteiger partial charge is 0.340 e. The Hall–Kier alpha value is -3.91. The standard InChI is InChI=1S/C23H20N4O4.ClH/c1-17(31-23(30)18-9-4-2-5-10-18)25-26-22(29)19-11-8-14-27(15-19)16-21(28)24-20-12-6-3-7-13-20;/h2-15,17H,16H2,1H3;1H. The Bertz CT molecular complexity index is 1090. The van der Waals surface area contributed by atoms with E-state index in [0.29, 0.717) is 11.3 Å². The topological polar surface area (TPSA) is 101 Å². The second kappa shape index (κ2) is 12.1. The minimum absolute atomic E-state index is 0. The van der Waals surface area contributed by atoms with Crippen molar-refractivity contribution in [2.75, 3.05) is 5.32 Å². The van der Waals surface area contributed by atoms with E-state index in [0.717, 1.165) is 0 Å². The number of nitrogens with zero attached hydrogens (tertiary/aromatic N) is 3. The van der Waals surface area contributed by atoms with E-state index in [-0.39, 0.29) is 30.4 Å². The fourth-order valence-electron chi connectivity index (χ4n) is 2.65. The Labute approximate surface area is 191 Å². The number of amides is 2. The first-order chi connectivity index (χ1) is 15.0. The molecule has 164 valence electrons. The summed E-state index contributed by atoms with van der Waals surface area (Å²) in [7, 11) is 0. The van der Waals surface area contributed by atoms with Gasteiger partial charge >= 0.3 is 11.9 Å². The summed E-state index contributed by atoms with van der Waals surface area (Å²) in [6.45, 7) is 1.54. The lowest BCUT2D eigenvalue weighted by atomic mass is 10.2. The van der Waals surface area contributed by atoms with Crippen molar-refractivity contribution < 1.29 is 36.1 Å². The Morgan fingerprint density at radius 2 is 1.56 bits per heavy atom. The van der Waals surface area contributed by atoms with E-state index < -0.39 is 18.1 Å². The molecule has 0 aliphatic carbocycles. The highest BCUT2D eigenvalue weighted by Crippen LogP contribution is 2.07. The lowest BCUT2D eigenvalue weighted by Gasteiger charge is -2.07. The Morgan fingerprint density at radius 1 is 0.938 bits per heavy atom. The Balaban J connectivity index is 0.00000363. The van der Waals surface area contributed by atoms with Crippen molar-refractivity contribution in [3.05, 3.63) is 96.3 Å². The third kappa shape index (κ3) is 7.41. The van der Waals surface area contributed by atoms with Crippen LogP contribution < -0.4 is 22.3 Å². The van der Waals surface area contributed by atoms with Gasteiger partial charge in [0.1, 0.15) is 5.56 Å². The van der Waals surface area contributed by atoms with Gasteiger partial charge in [0.05, 0.1) is 5.56 Å². The summed E-state index contributed by atoms with van der Waals surface area (Å²) in [5.74, 6) is -1.40. The molecule has 1 aromatic heterocycles. The molecule has 1 heterocycles. The number of ether oxygens (including phenoxy) is 1. The first kappa shape index (κ1) is 24.4. The molecule has 2 aromatic carbocycles. The van der Waals surface area contributed by atoms with Crippen LogP contribution in [0.4, 0.5) is 5.69 Å². The number of benzene rings is 2. The average molecular weight is 453 g/mol. The number of rotatable bonds is 7. The molecule has 1 N–H and O–H groups in total. The summed E-state index contributed by atoms with van der Waals surface area (Å²) in [5, 5.41) is 10.2. The van der Waals surface area contributed by atoms with E-state index in [2.05, 4.69) is 15.5 Å². The van der Waals surface area contributed by atoms with Gasteiger partial charge in [0, 0.05) is 11.8 Å². The number of nitrogens with one attached hydrogen (secondary N) is 1. The van der Waals surface area contributed by atoms with E-state index in [1.165, 1.54) is 13.1 Å². The predicted molar refractivity (Wildman–Crippen MR) is 112 cm³/mol. The lowest BCUT2D eigenvalue weighted by molar-refractivity contribution is -0.684.